The zero-order chi connectivity index (χ0) is 20.1. The highest BCUT2D eigenvalue weighted by atomic mass is 35.5. The molecule has 4 atom stereocenters. The van der Waals surface area contributed by atoms with Crippen LogP contribution >= 0.6 is 35.1 Å². The first kappa shape index (κ1) is 20.7. The summed E-state index contributed by atoms with van der Waals surface area (Å²) in [5, 5.41) is 0.738. The van der Waals surface area contributed by atoms with E-state index in [0.29, 0.717) is 39.8 Å². The molecule has 5 nitrogen and oxygen atoms in total. The molecule has 2 unspecified atom stereocenters. The summed E-state index contributed by atoms with van der Waals surface area (Å²) in [7, 11) is 0. The summed E-state index contributed by atoms with van der Waals surface area (Å²) < 4.78 is 2.42. The summed E-state index contributed by atoms with van der Waals surface area (Å²) in [4.78, 5) is 23.7. The number of hydrogen-bond donors (Lipinski definition) is 0. The van der Waals surface area contributed by atoms with Crippen LogP contribution in [0, 0.1) is 23.2 Å². The van der Waals surface area contributed by atoms with E-state index in [0.717, 1.165) is 38.2 Å². The molecular weight excluding hydrogens is 415 g/mol. The van der Waals surface area contributed by atoms with Gasteiger partial charge in [0.05, 0.1) is 0 Å². The van der Waals surface area contributed by atoms with E-state index in [9.17, 15) is 4.79 Å². The molecular formula is C20H28Cl2N4OS. The van der Waals surface area contributed by atoms with Crippen molar-refractivity contribution in [2.24, 2.45) is 23.2 Å². The summed E-state index contributed by atoms with van der Waals surface area (Å²) in [5.41, 5.74) is -0.0898. The van der Waals surface area contributed by atoms with Crippen LogP contribution in [0.2, 0.25) is 10.3 Å². The minimum absolute atomic E-state index is 0.0898. The predicted octanol–water partition coefficient (Wildman–Crippen LogP) is 4.58. The van der Waals surface area contributed by atoms with Gasteiger partial charge in [0.2, 0.25) is 5.95 Å². The van der Waals surface area contributed by atoms with Crippen LogP contribution in [0.1, 0.15) is 40.0 Å². The number of carbonyl (C=O) groups excluding carboxylic acids is 1. The van der Waals surface area contributed by atoms with Crippen molar-refractivity contribution in [3.05, 3.63) is 16.4 Å². The molecule has 1 aromatic rings. The number of carbonyl (C=O) groups is 1. The molecule has 1 aromatic heterocycles. The Morgan fingerprint density at radius 3 is 2.61 bits per heavy atom. The number of hydrogen-bond acceptors (Lipinski definition) is 6. The molecule has 1 saturated heterocycles. The lowest BCUT2D eigenvalue weighted by Crippen LogP contribution is -2.51. The van der Waals surface area contributed by atoms with Crippen molar-refractivity contribution in [1.29, 1.82) is 0 Å². The van der Waals surface area contributed by atoms with Gasteiger partial charge in [0, 0.05) is 49.3 Å². The van der Waals surface area contributed by atoms with E-state index in [4.69, 9.17) is 23.2 Å². The van der Waals surface area contributed by atoms with Crippen LogP contribution < -0.4 is 4.90 Å². The zero-order valence-electron chi connectivity index (χ0n) is 16.7. The molecule has 4 rings (SSSR count). The quantitative estimate of drug-likeness (QED) is 0.490. The highest BCUT2D eigenvalue weighted by Crippen LogP contribution is 2.60. The number of rotatable bonds is 5. The smallest absolute Gasteiger partial charge is 0.228 e. The summed E-state index contributed by atoms with van der Waals surface area (Å²) in [6, 6.07) is 1.81. The van der Waals surface area contributed by atoms with Gasteiger partial charge in [-0.1, -0.05) is 49.0 Å². The first-order valence-corrected chi connectivity index (χ1v) is 11.9. The van der Waals surface area contributed by atoms with Gasteiger partial charge in [0.1, 0.15) is 16.1 Å². The van der Waals surface area contributed by atoms with Crippen molar-refractivity contribution >= 4 is 46.9 Å². The van der Waals surface area contributed by atoms with Gasteiger partial charge in [-0.25, -0.2) is 14.3 Å². The van der Waals surface area contributed by atoms with Crippen LogP contribution in [0.15, 0.2) is 6.07 Å². The van der Waals surface area contributed by atoms with Crippen molar-refractivity contribution in [3.8, 4) is 0 Å². The second-order valence-corrected chi connectivity index (χ2v) is 10.7. The lowest BCUT2D eigenvalue weighted by atomic mass is 9.75. The second-order valence-electron chi connectivity index (χ2n) is 8.87. The normalized spacial score (nSPS) is 33.3. The molecule has 1 aliphatic heterocycles. The average Bonchev–Trinajstić information content (AvgIpc) is 3.11. The molecule has 0 spiro atoms. The maximum Gasteiger partial charge on any atom is 0.228 e. The van der Waals surface area contributed by atoms with Crippen molar-refractivity contribution in [2.45, 2.75) is 46.1 Å². The summed E-state index contributed by atoms with van der Waals surface area (Å²) >= 11 is 14.0. The number of aromatic nitrogens is 2. The molecule has 3 fully saturated rings. The van der Waals surface area contributed by atoms with E-state index < -0.39 is 0 Å². The van der Waals surface area contributed by atoms with Gasteiger partial charge < -0.3 is 4.90 Å². The molecule has 2 heterocycles. The minimum Gasteiger partial charge on any atom is -0.335 e. The highest BCUT2D eigenvalue weighted by Gasteiger charge is 2.59. The van der Waals surface area contributed by atoms with Crippen LogP contribution in [-0.2, 0) is 4.79 Å². The summed E-state index contributed by atoms with van der Waals surface area (Å²) in [5.74, 6) is 3.81. The van der Waals surface area contributed by atoms with Crippen molar-refractivity contribution < 1.29 is 4.79 Å². The Morgan fingerprint density at radius 1 is 1.29 bits per heavy atom. The van der Waals surface area contributed by atoms with E-state index >= 15 is 0 Å². The number of piperazine rings is 1. The van der Waals surface area contributed by atoms with Crippen LogP contribution in [0.3, 0.4) is 0 Å². The number of halogens is 2. The van der Waals surface area contributed by atoms with E-state index in [2.05, 4.69) is 39.9 Å². The molecule has 3 aliphatic rings. The Labute approximate surface area is 181 Å². The second kappa shape index (κ2) is 7.93. The standard InChI is InChI=1S/C20H28Cl2N4OS/c1-12(2)18-14-4-5-20(18,15(27)8-14)11-28-25-6-7-26(13(3)10-25)19-23-16(21)9-17(22)24-19/h9,12-14,18H,4-8,10-11H2,1-3H3/t13?,14-,18?,20-/m1/s1. The molecule has 2 bridgehead atoms. The van der Waals surface area contributed by atoms with Crippen LogP contribution in [0.25, 0.3) is 0 Å². The molecule has 0 aromatic carbocycles. The van der Waals surface area contributed by atoms with Crippen molar-refractivity contribution in [1.82, 2.24) is 14.3 Å². The first-order valence-electron chi connectivity index (χ1n) is 10.2. The van der Waals surface area contributed by atoms with Gasteiger partial charge in [-0.05, 0) is 37.5 Å². The molecule has 28 heavy (non-hydrogen) atoms. The molecule has 0 radical (unpaired) electrons. The Hall–Kier alpha value is -0.560. The van der Waals surface area contributed by atoms with E-state index in [-0.39, 0.29) is 11.5 Å². The number of nitrogens with zero attached hydrogens (tertiary/aromatic N) is 4. The van der Waals surface area contributed by atoms with Gasteiger partial charge in [-0.2, -0.15) is 0 Å². The molecule has 2 aliphatic carbocycles. The Morgan fingerprint density at radius 2 is 2.00 bits per heavy atom. The van der Waals surface area contributed by atoms with E-state index in [1.54, 1.807) is 6.07 Å². The van der Waals surface area contributed by atoms with Crippen LogP contribution in [0.4, 0.5) is 5.95 Å². The highest BCUT2D eigenvalue weighted by molar-refractivity contribution is 7.97. The third-order valence-corrected chi connectivity index (χ3v) is 8.56. The van der Waals surface area contributed by atoms with Crippen LogP contribution in [-0.4, -0.2) is 51.5 Å². The summed E-state index contributed by atoms with van der Waals surface area (Å²) in [6.07, 6.45) is 3.11. The predicted molar refractivity (Wildman–Crippen MR) is 116 cm³/mol. The summed E-state index contributed by atoms with van der Waals surface area (Å²) in [6.45, 7) is 9.38. The lowest BCUT2D eigenvalue weighted by molar-refractivity contribution is -0.127. The molecule has 0 amide bonds. The third-order valence-electron chi connectivity index (χ3n) is 6.83. The molecule has 154 valence electrons. The van der Waals surface area contributed by atoms with Crippen molar-refractivity contribution in [2.75, 3.05) is 30.3 Å². The maximum absolute atomic E-state index is 12.8. The Kier molecular flexibility index (Phi) is 5.87. The van der Waals surface area contributed by atoms with Gasteiger partial charge >= 0.3 is 0 Å². The van der Waals surface area contributed by atoms with Gasteiger partial charge in [0.15, 0.2) is 0 Å². The van der Waals surface area contributed by atoms with Gasteiger partial charge in [-0.15, -0.1) is 0 Å². The number of ketones is 1. The van der Waals surface area contributed by atoms with Gasteiger partial charge in [0.25, 0.3) is 0 Å². The van der Waals surface area contributed by atoms with Crippen LogP contribution in [0.5, 0.6) is 0 Å². The Balaban J connectivity index is 1.39. The molecule has 0 N–H and O–H groups in total. The monoisotopic (exact) mass is 442 g/mol. The number of fused-ring (bicyclic) bond motifs is 2. The fraction of sp³-hybridized carbons (Fsp3) is 0.750. The largest absolute Gasteiger partial charge is 0.335 e. The number of Topliss-reactive ketones (excluding diaryl/α,β-unsaturated/α-hetero) is 1. The Bertz CT molecular complexity index is 743. The number of anilines is 1. The molecule has 2 saturated carbocycles. The van der Waals surface area contributed by atoms with Gasteiger partial charge in [-0.3, -0.25) is 4.79 Å². The SMILES string of the molecule is CC(C)C1[C@@H]2CC[C@@]1(CSN1CCN(c3nc(Cl)cc(Cl)n3)C(C)C1)C(=O)C2. The first-order chi connectivity index (χ1) is 13.3. The van der Waals surface area contributed by atoms with Crippen molar-refractivity contribution in [3.63, 3.8) is 0 Å². The maximum atomic E-state index is 12.8. The fourth-order valence-electron chi connectivity index (χ4n) is 5.72. The molecule has 8 heteroatoms. The zero-order valence-corrected chi connectivity index (χ0v) is 19.0. The van der Waals surface area contributed by atoms with E-state index in [1.165, 1.54) is 6.42 Å². The van der Waals surface area contributed by atoms with E-state index in [1.807, 2.05) is 11.9 Å². The topological polar surface area (TPSA) is 49.3 Å². The minimum atomic E-state index is -0.0898. The fourth-order valence-corrected chi connectivity index (χ4v) is 7.58. The third kappa shape index (κ3) is 3.66. The average molecular weight is 443 g/mol. The lowest BCUT2D eigenvalue weighted by Gasteiger charge is -2.41.